The summed E-state index contributed by atoms with van der Waals surface area (Å²) in [5, 5.41) is 8.57. The van der Waals surface area contributed by atoms with Gasteiger partial charge in [0.15, 0.2) is 5.89 Å². The molecule has 0 radical (unpaired) electrons. The van der Waals surface area contributed by atoms with Crippen LogP contribution >= 0.6 is 0 Å². The monoisotopic (exact) mass is 275 g/mol. The van der Waals surface area contributed by atoms with E-state index in [2.05, 4.69) is 9.88 Å². The fourth-order valence-electron chi connectivity index (χ4n) is 2.18. The molecule has 0 aliphatic carbocycles. The van der Waals surface area contributed by atoms with Gasteiger partial charge in [-0.3, -0.25) is 9.80 Å². The van der Waals surface area contributed by atoms with Gasteiger partial charge in [0.05, 0.1) is 19.3 Å². The predicted molar refractivity (Wildman–Crippen MR) is 65.0 cm³/mol. The molecule has 19 heavy (non-hydrogen) atoms. The lowest BCUT2D eigenvalue weighted by molar-refractivity contribution is -0.0789. The van der Waals surface area contributed by atoms with Crippen molar-refractivity contribution in [2.45, 2.75) is 19.4 Å². The summed E-state index contributed by atoms with van der Waals surface area (Å²) in [5.74, 6) is -1.58. The first-order valence-corrected chi connectivity index (χ1v) is 6.33. The Balaban J connectivity index is 1.76. The smallest absolute Gasteiger partial charge is 0.283 e. The van der Waals surface area contributed by atoms with Gasteiger partial charge in [-0.2, -0.15) is 0 Å². The van der Waals surface area contributed by atoms with Gasteiger partial charge in [0, 0.05) is 33.1 Å². The summed E-state index contributed by atoms with van der Waals surface area (Å²) >= 11 is 0. The van der Waals surface area contributed by atoms with Crippen LogP contribution in [0.2, 0.25) is 0 Å². The van der Waals surface area contributed by atoms with E-state index in [0.717, 1.165) is 5.76 Å². The van der Waals surface area contributed by atoms with Crippen molar-refractivity contribution < 1.29 is 18.3 Å². The van der Waals surface area contributed by atoms with Crippen LogP contribution in [0, 0.1) is 6.92 Å². The largest absolute Gasteiger partial charge is 0.445 e. The van der Waals surface area contributed by atoms with E-state index in [1.165, 1.54) is 0 Å². The minimum Gasteiger partial charge on any atom is -0.445 e. The molecule has 0 atom stereocenters. The number of hydrogen-bond acceptors (Lipinski definition) is 5. The summed E-state index contributed by atoms with van der Waals surface area (Å²) in [6, 6.07) is 0. The standard InChI is InChI=1S/C12H19F2N3O2/c1-10-15-6-11(19-10)7-16-2-4-17(5-3-16)8-12(13,14)9-18/h6,18H,2-5,7-9H2,1H3. The molecule has 5 nitrogen and oxygen atoms in total. The fourth-order valence-corrected chi connectivity index (χ4v) is 2.18. The molecule has 1 fully saturated rings. The molecule has 7 heteroatoms. The lowest BCUT2D eigenvalue weighted by atomic mass is 10.2. The number of aliphatic hydroxyl groups is 1. The third-order valence-electron chi connectivity index (χ3n) is 3.20. The summed E-state index contributed by atoms with van der Waals surface area (Å²) in [6.07, 6.45) is 1.70. The van der Waals surface area contributed by atoms with Crippen molar-refractivity contribution in [3.05, 3.63) is 17.8 Å². The van der Waals surface area contributed by atoms with Gasteiger partial charge >= 0.3 is 0 Å². The molecule has 2 heterocycles. The second-order valence-electron chi connectivity index (χ2n) is 4.91. The highest BCUT2D eigenvalue weighted by Gasteiger charge is 2.32. The Morgan fingerprint density at radius 1 is 1.32 bits per heavy atom. The van der Waals surface area contributed by atoms with Gasteiger partial charge in [-0.05, 0) is 0 Å². The van der Waals surface area contributed by atoms with E-state index in [-0.39, 0.29) is 6.54 Å². The van der Waals surface area contributed by atoms with Gasteiger partial charge in [-0.1, -0.05) is 0 Å². The van der Waals surface area contributed by atoms with Crippen molar-refractivity contribution in [3.63, 3.8) is 0 Å². The zero-order valence-corrected chi connectivity index (χ0v) is 11.0. The molecule has 1 saturated heterocycles. The number of rotatable bonds is 5. The van der Waals surface area contributed by atoms with Crippen LogP contribution in [0.25, 0.3) is 0 Å². The normalized spacial score (nSPS) is 18.9. The summed E-state index contributed by atoms with van der Waals surface area (Å²) in [4.78, 5) is 7.85. The number of aromatic nitrogens is 1. The minimum absolute atomic E-state index is 0.376. The van der Waals surface area contributed by atoms with Crippen LogP contribution in [0.4, 0.5) is 8.78 Å². The Bertz CT molecular complexity index is 403. The Hall–Kier alpha value is -1.05. The number of hydrogen-bond donors (Lipinski definition) is 1. The number of oxazole rings is 1. The zero-order chi connectivity index (χ0) is 13.9. The van der Waals surface area contributed by atoms with Crippen LogP contribution in [0.5, 0.6) is 0 Å². The van der Waals surface area contributed by atoms with Crippen molar-refractivity contribution in [1.29, 1.82) is 0 Å². The highest BCUT2D eigenvalue weighted by atomic mass is 19.3. The summed E-state index contributed by atoms with van der Waals surface area (Å²) < 4.78 is 31.5. The number of nitrogens with zero attached hydrogens (tertiary/aromatic N) is 3. The maximum Gasteiger partial charge on any atom is 0.283 e. The van der Waals surface area contributed by atoms with E-state index in [4.69, 9.17) is 9.52 Å². The van der Waals surface area contributed by atoms with Crippen LogP contribution < -0.4 is 0 Å². The maximum atomic E-state index is 13.1. The van der Waals surface area contributed by atoms with Crippen LogP contribution in [0.15, 0.2) is 10.6 Å². The molecule has 0 unspecified atom stereocenters. The third kappa shape index (κ3) is 4.22. The first-order chi connectivity index (χ1) is 8.98. The highest BCUT2D eigenvalue weighted by molar-refractivity contribution is 4.93. The number of aliphatic hydroxyl groups excluding tert-OH is 1. The number of alkyl halides is 2. The van der Waals surface area contributed by atoms with Gasteiger partial charge in [0.25, 0.3) is 5.92 Å². The molecular formula is C12H19F2N3O2. The molecule has 0 amide bonds. The van der Waals surface area contributed by atoms with E-state index >= 15 is 0 Å². The topological polar surface area (TPSA) is 52.7 Å². The van der Waals surface area contributed by atoms with Gasteiger partial charge in [0.2, 0.25) is 0 Å². The summed E-state index contributed by atoms with van der Waals surface area (Å²) in [6.45, 7) is 3.54. The van der Waals surface area contributed by atoms with E-state index < -0.39 is 12.5 Å². The van der Waals surface area contributed by atoms with Crippen LogP contribution in [0.3, 0.4) is 0 Å². The Kier molecular flexibility index (Phi) is 4.49. The van der Waals surface area contributed by atoms with E-state index in [1.54, 1.807) is 18.0 Å². The molecule has 0 bridgehead atoms. The molecule has 108 valence electrons. The molecule has 0 spiro atoms. The van der Waals surface area contributed by atoms with Gasteiger partial charge < -0.3 is 9.52 Å². The second-order valence-corrected chi connectivity index (χ2v) is 4.91. The summed E-state index contributed by atoms with van der Waals surface area (Å²) in [5.41, 5.74) is 0. The van der Waals surface area contributed by atoms with Crippen molar-refractivity contribution in [3.8, 4) is 0 Å². The van der Waals surface area contributed by atoms with Crippen LogP contribution in [-0.4, -0.2) is 65.1 Å². The van der Waals surface area contributed by atoms with Gasteiger partial charge in [0.1, 0.15) is 12.4 Å². The Morgan fingerprint density at radius 3 is 2.47 bits per heavy atom. The fraction of sp³-hybridized carbons (Fsp3) is 0.750. The average Bonchev–Trinajstić information content (AvgIpc) is 2.77. The van der Waals surface area contributed by atoms with Gasteiger partial charge in [-0.15, -0.1) is 0 Å². The lowest BCUT2D eigenvalue weighted by Crippen LogP contribution is -2.50. The first kappa shape index (κ1) is 14.4. The quantitative estimate of drug-likeness (QED) is 0.858. The number of piperazine rings is 1. The SMILES string of the molecule is Cc1ncc(CN2CCN(CC(F)(F)CO)CC2)o1. The second kappa shape index (κ2) is 5.94. The molecular weight excluding hydrogens is 256 g/mol. The highest BCUT2D eigenvalue weighted by Crippen LogP contribution is 2.16. The summed E-state index contributed by atoms with van der Waals surface area (Å²) in [7, 11) is 0. The number of halogens is 2. The van der Waals surface area contributed by atoms with Crippen molar-refractivity contribution in [2.24, 2.45) is 0 Å². The average molecular weight is 275 g/mol. The maximum absolute atomic E-state index is 13.1. The molecule has 1 aromatic rings. The molecule has 1 N–H and O–H groups in total. The third-order valence-corrected chi connectivity index (χ3v) is 3.20. The molecule has 0 aromatic carbocycles. The molecule has 1 aliphatic heterocycles. The van der Waals surface area contributed by atoms with Crippen molar-refractivity contribution >= 4 is 0 Å². The number of aryl methyl sites for hydroxylation is 1. The predicted octanol–water partition coefficient (Wildman–Crippen LogP) is 0.728. The molecule has 1 aliphatic rings. The van der Waals surface area contributed by atoms with Crippen LogP contribution in [0.1, 0.15) is 11.7 Å². The van der Waals surface area contributed by atoms with E-state index in [1.807, 2.05) is 0 Å². The first-order valence-electron chi connectivity index (χ1n) is 6.33. The van der Waals surface area contributed by atoms with E-state index in [9.17, 15) is 8.78 Å². The van der Waals surface area contributed by atoms with Crippen molar-refractivity contribution in [2.75, 3.05) is 39.3 Å². The lowest BCUT2D eigenvalue weighted by Gasteiger charge is -2.35. The molecule has 1 aromatic heterocycles. The zero-order valence-electron chi connectivity index (χ0n) is 11.0. The van der Waals surface area contributed by atoms with Gasteiger partial charge in [-0.25, -0.2) is 13.8 Å². The Labute approximate surface area is 110 Å². The van der Waals surface area contributed by atoms with Crippen LogP contribution in [-0.2, 0) is 6.54 Å². The minimum atomic E-state index is -3.01. The molecule has 0 saturated carbocycles. The van der Waals surface area contributed by atoms with E-state index in [0.29, 0.717) is 38.6 Å². The Morgan fingerprint density at radius 2 is 1.95 bits per heavy atom. The molecule has 2 rings (SSSR count). The van der Waals surface area contributed by atoms with Crippen molar-refractivity contribution in [1.82, 2.24) is 14.8 Å².